The smallest absolute Gasteiger partial charge is 0.355 e. The van der Waals surface area contributed by atoms with Gasteiger partial charge in [0.05, 0.1) is 6.61 Å². The molecule has 0 fully saturated rings. The van der Waals surface area contributed by atoms with Gasteiger partial charge in [-0.1, -0.05) is 56.2 Å². The van der Waals surface area contributed by atoms with E-state index in [1.54, 1.807) is 0 Å². The number of esters is 1. The summed E-state index contributed by atoms with van der Waals surface area (Å²) < 4.78 is 5.52. The molecule has 0 saturated carbocycles. The van der Waals surface area contributed by atoms with Crippen LogP contribution in [0, 0.1) is 0 Å². The summed E-state index contributed by atoms with van der Waals surface area (Å²) in [5, 5.41) is 2.11. The maximum atomic E-state index is 12.7. The Hall–Kier alpha value is -2.29. The Morgan fingerprint density at radius 1 is 1.22 bits per heavy atom. The van der Waals surface area contributed by atoms with Gasteiger partial charge in [0.1, 0.15) is 5.70 Å². The molecule has 1 heterocycles. The molecule has 1 aliphatic carbocycles. The highest BCUT2D eigenvalue weighted by molar-refractivity contribution is 6.10. The van der Waals surface area contributed by atoms with Crippen LogP contribution in [-0.4, -0.2) is 24.5 Å². The van der Waals surface area contributed by atoms with Gasteiger partial charge in [-0.15, -0.1) is 0 Å². The topological polar surface area (TPSA) is 29.5 Å². The van der Waals surface area contributed by atoms with E-state index < -0.39 is 0 Å². The molecule has 0 N–H and O–H groups in total. The zero-order valence-corrected chi connectivity index (χ0v) is 13.8. The molecule has 120 valence electrons. The Labute approximate surface area is 137 Å². The third kappa shape index (κ3) is 2.96. The number of unbranched alkanes of at least 4 members (excludes halogenated alkanes) is 2. The highest BCUT2D eigenvalue weighted by Crippen LogP contribution is 2.27. The lowest BCUT2D eigenvalue weighted by Gasteiger charge is -2.30. The lowest BCUT2D eigenvalue weighted by atomic mass is 9.95. The second-order valence-electron chi connectivity index (χ2n) is 5.96. The molecule has 1 aromatic carbocycles. The van der Waals surface area contributed by atoms with Crippen molar-refractivity contribution < 1.29 is 9.53 Å². The highest BCUT2D eigenvalue weighted by atomic mass is 16.5. The lowest BCUT2D eigenvalue weighted by molar-refractivity contribution is -0.137. The van der Waals surface area contributed by atoms with Crippen LogP contribution >= 0.6 is 0 Å². The number of rotatable bonds is 5. The fourth-order valence-corrected chi connectivity index (χ4v) is 3.20. The first kappa shape index (κ1) is 15.6. The van der Waals surface area contributed by atoms with Crippen LogP contribution in [-0.2, 0) is 9.53 Å². The van der Waals surface area contributed by atoms with Gasteiger partial charge in [0.25, 0.3) is 0 Å². The molecule has 3 rings (SSSR count). The van der Waals surface area contributed by atoms with Gasteiger partial charge in [-0.3, -0.25) is 0 Å². The Morgan fingerprint density at radius 3 is 2.78 bits per heavy atom. The quantitative estimate of drug-likeness (QED) is 0.618. The van der Waals surface area contributed by atoms with Gasteiger partial charge in [0, 0.05) is 18.0 Å². The number of allylic oxidation sites excluding steroid dienone is 4. The molecule has 1 aromatic rings. The fraction of sp³-hybridized carbons (Fsp3) is 0.350. The number of likely N-dealkylation sites (N-methyl/N-ethyl adjacent to an activating group) is 1. The number of nitrogens with zero attached hydrogens (tertiary/aromatic N) is 1. The first-order valence-electron chi connectivity index (χ1n) is 8.34. The zero-order valence-electron chi connectivity index (χ0n) is 13.8. The summed E-state index contributed by atoms with van der Waals surface area (Å²) in [5.74, 6) is -0.231. The summed E-state index contributed by atoms with van der Waals surface area (Å²) in [6.07, 6.45) is 10.3. The third-order valence-electron chi connectivity index (χ3n) is 4.40. The molecular formula is C20H23NO2. The molecule has 0 saturated heterocycles. The van der Waals surface area contributed by atoms with Crippen molar-refractivity contribution in [2.75, 3.05) is 13.7 Å². The van der Waals surface area contributed by atoms with E-state index in [1.807, 2.05) is 36.2 Å². The van der Waals surface area contributed by atoms with Gasteiger partial charge in [0.15, 0.2) is 0 Å². The highest BCUT2D eigenvalue weighted by Gasteiger charge is 2.26. The maximum absolute atomic E-state index is 12.7. The Morgan fingerprint density at radius 2 is 2.00 bits per heavy atom. The minimum Gasteiger partial charge on any atom is -0.461 e. The summed E-state index contributed by atoms with van der Waals surface area (Å²) >= 11 is 0. The number of hydrogen-bond donors (Lipinski definition) is 0. The van der Waals surface area contributed by atoms with Gasteiger partial charge >= 0.3 is 5.97 Å². The molecule has 0 aromatic heterocycles. The summed E-state index contributed by atoms with van der Waals surface area (Å²) in [6.45, 7) is 2.63. The molecule has 3 heteroatoms. The molecule has 23 heavy (non-hydrogen) atoms. The second-order valence-corrected chi connectivity index (χ2v) is 5.96. The van der Waals surface area contributed by atoms with Gasteiger partial charge < -0.3 is 9.64 Å². The zero-order chi connectivity index (χ0) is 16.2. The Balaban J connectivity index is 2.03. The number of benzene rings is 1. The third-order valence-corrected chi connectivity index (χ3v) is 4.40. The van der Waals surface area contributed by atoms with Crippen molar-refractivity contribution in [2.24, 2.45) is 0 Å². The molecule has 3 nitrogen and oxygen atoms in total. The summed E-state index contributed by atoms with van der Waals surface area (Å²) in [7, 11) is 1.95. The number of hydrogen-bond acceptors (Lipinski definition) is 3. The van der Waals surface area contributed by atoms with Crippen LogP contribution in [0.4, 0.5) is 0 Å². The SMILES string of the molecule is CCCCCOC(=O)C1=c2ccccc2=C2CC=CC=C2N1C. The van der Waals surface area contributed by atoms with Crippen molar-refractivity contribution in [1.29, 1.82) is 0 Å². The average Bonchev–Trinajstić information content (AvgIpc) is 2.59. The Kier molecular flexibility index (Phi) is 4.65. The summed E-state index contributed by atoms with van der Waals surface area (Å²) in [4.78, 5) is 14.6. The van der Waals surface area contributed by atoms with E-state index >= 15 is 0 Å². The predicted molar refractivity (Wildman–Crippen MR) is 92.6 cm³/mol. The van der Waals surface area contributed by atoms with E-state index in [2.05, 4.69) is 25.1 Å². The number of fused-ring (bicyclic) bond motifs is 2. The van der Waals surface area contributed by atoms with Gasteiger partial charge in [-0.05, 0) is 29.7 Å². The minimum absolute atomic E-state index is 0.231. The van der Waals surface area contributed by atoms with Crippen molar-refractivity contribution in [3.63, 3.8) is 0 Å². The number of ether oxygens (including phenoxy) is 1. The standard InChI is InChI=1S/C20H23NO2/c1-3-4-9-14-23-20(22)19-17-12-6-5-10-15(17)16-11-7-8-13-18(16)21(19)2/h5-8,10,12-13H,3-4,9,11,14H2,1-2H3. The van der Waals surface area contributed by atoms with E-state index in [0.29, 0.717) is 12.3 Å². The molecule has 1 aliphatic heterocycles. The molecule has 0 atom stereocenters. The van der Waals surface area contributed by atoms with Crippen molar-refractivity contribution in [1.82, 2.24) is 4.90 Å². The molecule has 0 spiro atoms. The molecule has 0 radical (unpaired) electrons. The number of carbonyl (C=O) groups is 1. The van der Waals surface area contributed by atoms with Gasteiger partial charge in [-0.25, -0.2) is 4.79 Å². The fourth-order valence-electron chi connectivity index (χ4n) is 3.20. The maximum Gasteiger partial charge on any atom is 0.355 e. The number of carbonyl (C=O) groups excluding carboxylic acids is 1. The molecular weight excluding hydrogens is 286 g/mol. The van der Waals surface area contributed by atoms with Crippen molar-refractivity contribution >= 4 is 17.2 Å². The molecule has 0 amide bonds. The Bertz CT molecular complexity index is 786. The van der Waals surface area contributed by atoms with Crippen LogP contribution in [0.25, 0.3) is 11.3 Å². The first-order valence-corrected chi connectivity index (χ1v) is 8.34. The summed E-state index contributed by atoms with van der Waals surface area (Å²) in [6, 6.07) is 8.11. The van der Waals surface area contributed by atoms with Crippen molar-refractivity contribution in [2.45, 2.75) is 32.6 Å². The monoisotopic (exact) mass is 309 g/mol. The van der Waals surface area contributed by atoms with E-state index in [9.17, 15) is 4.79 Å². The van der Waals surface area contributed by atoms with Crippen LogP contribution in [0.2, 0.25) is 0 Å². The predicted octanol–water partition coefficient (Wildman–Crippen LogP) is 2.47. The van der Waals surface area contributed by atoms with E-state index in [4.69, 9.17) is 4.74 Å². The lowest BCUT2D eigenvalue weighted by Crippen LogP contribution is -2.43. The van der Waals surface area contributed by atoms with E-state index in [0.717, 1.165) is 41.8 Å². The average molecular weight is 309 g/mol. The van der Waals surface area contributed by atoms with Crippen LogP contribution in [0.3, 0.4) is 0 Å². The van der Waals surface area contributed by atoms with E-state index in [1.165, 1.54) is 5.57 Å². The normalized spacial score (nSPS) is 15.9. The van der Waals surface area contributed by atoms with Crippen LogP contribution < -0.4 is 10.4 Å². The van der Waals surface area contributed by atoms with Gasteiger partial charge in [-0.2, -0.15) is 0 Å². The summed E-state index contributed by atoms with van der Waals surface area (Å²) in [5.41, 5.74) is 3.00. The van der Waals surface area contributed by atoms with Crippen LogP contribution in [0.1, 0.15) is 32.6 Å². The molecule has 2 aliphatic rings. The molecule has 0 bridgehead atoms. The largest absolute Gasteiger partial charge is 0.461 e. The minimum atomic E-state index is -0.231. The first-order chi connectivity index (χ1) is 11.2. The van der Waals surface area contributed by atoms with E-state index in [-0.39, 0.29) is 5.97 Å². The van der Waals surface area contributed by atoms with Crippen LogP contribution in [0.5, 0.6) is 0 Å². The molecule has 0 unspecified atom stereocenters. The van der Waals surface area contributed by atoms with Crippen molar-refractivity contribution in [3.8, 4) is 0 Å². The van der Waals surface area contributed by atoms with Gasteiger partial charge in [0.2, 0.25) is 0 Å². The van der Waals surface area contributed by atoms with Crippen LogP contribution in [0.15, 0.2) is 48.2 Å². The second kappa shape index (κ2) is 6.86. The van der Waals surface area contributed by atoms with Crippen molar-refractivity contribution in [3.05, 3.63) is 58.6 Å².